The molecule has 2 aromatic rings. The first-order valence-electron chi connectivity index (χ1n) is 7.58. The van der Waals surface area contributed by atoms with Gasteiger partial charge in [0.2, 0.25) is 5.91 Å². The second-order valence-corrected chi connectivity index (χ2v) is 5.14. The Morgan fingerprint density at radius 3 is 2.91 bits per heavy atom. The molecule has 0 bridgehead atoms. The van der Waals surface area contributed by atoms with E-state index in [0.717, 1.165) is 24.2 Å². The molecule has 1 aromatic heterocycles. The number of carbonyl (C=O) groups excluding carboxylic acids is 1. The Morgan fingerprint density at radius 2 is 2.13 bits per heavy atom. The SMILES string of the molecule is COCCCCNC(=O)Cc1cc(-c2cccc(OC)c2)on1. The average molecular weight is 318 g/mol. The molecule has 0 atom stereocenters. The molecule has 1 heterocycles. The van der Waals surface area contributed by atoms with Crippen molar-refractivity contribution >= 4 is 5.91 Å². The number of aromatic nitrogens is 1. The fourth-order valence-corrected chi connectivity index (χ4v) is 2.13. The van der Waals surface area contributed by atoms with Crippen LogP contribution in [0.1, 0.15) is 18.5 Å². The number of nitrogens with zero attached hydrogens (tertiary/aromatic N) is 1. The van der Waals surface area contributed by atoms with Crippen LogP contribution in [0.2, 0.25) is 0 Å². The lowest BCUT2D eigenvalue weighted by atomic mass is 10.1. The van der Waals surface area contributed by atoms with Gasteiger partial charge in [-0.25, -0.2) is 0 Å². The van der Waals surface area contributed by atoms with Gasteiger partial charge in [0.1, 0.15) is 5.75 Å². The minimum Gasteiger partial charge on any atom is -0.497 e. The molecule has 1 N–H and O–H groups in total. The highest BCUT2D eigenvalue weighted by molar-refractivity contribution is 5.78. The van der Waals surface area contributed by atoms with E-state index >= 15 is 0 Å². The Labute approximate surface area is 135 Å². The maximum atomic E-state index is 11.8. The van der Waals surface area contributed by atoms with Gasteiger partial charge in [-0.15, -0.1) is 0 Å². The van der Waals surface area contributed by atoms with Gasteiger partial charge in [0.15, 0.2) is 5.76 Å². The van der Waals surface area contributed by atoms with Crippen molar-refractivity contribution in [3.63, 3.8) is 0 Å². The molecule has 2 rings (SSSR count). The van der Waals surface area contributed by atoms with E-state index in [-0.39, 0.29) is 12.3 Å². The summed E-state index contributed by atoms with van der Waals surface area (Å²) < 4.78 is 15.5. The molecule has 0 radical (unpaired) electrons. The van der Waals surface area contributed by atoms with Crippen molar-refractivity contribution in [3.8, 4) is 17.1 Å². The van der Waals surface area contributed by atoms with E-state index in [0.29, 0.717) is 24.6 Å². The van der Waals surface area contributed by atoms with Gasteiger partial charge in [-0.1, -0.05) is 17.3 Å². The second-order valence-electron chi connectivity index (χ2n) is 5.14. The Kier molecular flexibility index (Phi) is 6.62. The summed E-state index contributed by atoms with van der Waals surface area (Å²) in [5, 5.41) is 6.81. The number of amides is 1. The van der Waals surface area contributed by atoms with Crippen LogP contribution < -0.4 is 10.1 Å². The number of rotatable bonds is 9. The first-order chi connectivity index (χ1) is 11.2. The normalized spacial score (nSPS) is 10.5. The fourth-order valence-electron chi connectivity index (χ4n) is 2.13. The maximum Gasteiger partial charge on any atom is 0.226 e. The lowest BCUT2D eigenvalue weighted by molar-refractivity contribution is -0.120. The van der Waals surface area contributed by atoms with Crippen molar-refractivity contribution in [2.75, 3.05) is 27.4 Å². The van der Waals surface area contributed by atoms with Crippen molar-refractivity contribution in [2.24, 2.45) is 0 Å². The summed E-state index contributed by atoms with van der Waals surface area (Å²) in [6, 6.07) is 9.28. The van der Waals surface area contributed by atoms with Crippen LogP contribution in [0.25, 0.3) is 11.3 Å². The smallest absolute Gasteiger partial charge is 0.226 e. The topological polar surface area (TPSA) is 73.6 Å². The van der Waals surface area contributed by atoms with Crippen molar-refractivity contribution in [3.05, 3.63) is 36.0 Å². The molecule has 0 saturated carbocycles. The van der Waals surface area contributed by atoms with Crippen LogP contribution in [-0.4, -0.2) is 38.4 Å². The molecule has 0 saturated heterocycles. The number of hydrogen-bond donors (Lipinski definition) is 1. The van der Waals surface area contributed by atoms with E-state index in [4.69, 9.17) is 14.0 Å². The summed E-state index contributed by atoms with van der Waals surface area (Å²) in [6.45, 7) is 1.35. The predicted molar refractivity (Wildman–Crippen MR) is 86.3 cm³/mol. The highest BCUT2D eigenvalue weighted by Gasteiger charge is 2.11. The zero-order valence-corrected chi connectivity index (χ0v) is 13.5. The van der Waals surface area contributed by atoms with Crippen LogP contribution in [0.3, 0.4) is 0 Å². The van der Waals surface area contributed by atoms with E-state index in [1.807, 2.05) is 24.3 Å². The number of ether oxygens (including phenoxy) is 2. The molecule has 0 unspecified atom stereocenters. The minimum absolute atomic E-state index is 0.0621. The average Bonchev–Trinajstić information content (AvgIpc) is 3.03. The molecule has 0 aliphatic carbocycles. The van der Waals surface area contributed by atoms with Gasteiger partial charge in [-0.2, -0.15) is 0 Å². The third kappa shape index (κ3) is 5.41. The zero-order valence-electron chi connectivity index (χ0n) is 13.5. The minimum atomic E-state index is -0.0621. The standard InChI is InChI=1S/C17H22N2O4/c1-21-9-4-3-8-18-17(20)12-14-11-16(23-19-14)13-6-5-7-15(10-13)22-2/h5-7,10-11H,3-4,8-9,12H2,1-2H3,(H,18,20). The largest absolute Gasteiger partial charge is 0.497 e. The van der Waals surface area contributed by atoms with E-state index in [2.05, 4.69) is 10.5 Å². The van der Waals surface area contributed by atoms with Crippen LogP contribution in [-0.2, 0) is 16.0 Å². The number of methoxy groups -OCH3 is 2. The molecule has 0 aliphatic heterocycles. The molecule has 0 fully saturated rings. The molecule has 1 aromatic carbocycles. The van der Waals surface area contributed by atoms with E-state index in [9.17, 15) is 4.79 Å². The summed E-state index contributed by atoms with van der Waals surface area (Å²) in [6.07, 6.45) is 2.03. The van der Waals surface area contributed by atoms with Gasteiger partial charge < -0.3 is 19.3 Å². The quantitative estimate of drug-likeness (QED) is 0.719. The Morgan fingerprint density at radius 1 is 1.26 bits per heavy atom. The molecule has 1 amide bonds. The van der Waals surface area contributed by atoms with Gasteiger partial charge in [0, 0.05) is 31.9 Å². The van der Waals surface area contributed by atoms with Crippen LogP contribution in [0.4, 0.5) is 0 Å². The van der Waals surface area contributed by atoms with E-state index < -0.39 is 0 Å². The van der Waals surface area contributed by atoms with Crippen molar-refractivity contribution in [1.29, 1.82) is 0 Å². The predicted octanol–water partition coefficient (Wildman–Crippen LogP) is 2.44. The lowest BCUT2D eigenvalue weighted by Crippen LogP contribution is -2.26. The van der Waals surface area contributed by atoms with Gasteiger partial charge in [0.05, 0.1) is 19.2 Å². The first kappa shape index (κ1) is 17.0. The van der Waals surface area contributed by atoms with E-state index in [1.165, 1.54) is 0 Å². The van der Waals surface area contributed by atoms with Gasteiger partial charge in [-0.3, -0.25) is 4.79 Å². The van der Waals surface area contributed by atoms with E-state index in [1.54, 1.807) is 20.3 Å². The third-order valence-corrected chi connectivity index (χ3v) is 3.35. The maximum absolute atomic E-state index is 11.8. The fraction of sp³-hybridized carbons (Fsp3) is 0.412. The zero-order chi connectivity index (χ0) is 16.5. The van der Waals surface area contributed by atoms with Crippen LogP contribution in [0, 0.1) is 0 Å². The number of benzene rings is 1. The van der Waals surface area contributed by atoms with Gasteiger partial charge in [0.25, 0.3) is 0 Å². The summed E-state index contributed by atoms with van der Waals surface area (Å²) in [5.41, 5.74) is 1.47. The molecular formula is C17H22N2O4. The first-order valence-corrected chi connectivity index (χ1v) is 7.58. The number of nitrogens with one attached hydrogen (secondary N) is 1. The number of hydrogen-bond acceptors (Lipinski definition) is 5. The highest BCUT2D eigenvalue weighted by Crippen LogP contribution is 2.24. The Bertz CT molecular complexity index is 625. The second kappa shape index (κ2) is 8.95. The summed E-state index contributed by atoms with van der Waals surface area (Å²) in [7, 11) is 3.28. The lowest BCUT2D eigenvalue weighted by Gasteiger charge is -2.03. The highest BCUT2D eigenvalue weighted by atomic mass is 16.5. The molecule has 6 heteroatoms. The molecule has 0 aliphatic rings. The monoisotopic (exact) mass is 318 g/mol. The number of carbonyl (C=O) groups is 1. The number of unbranched alkanes of at least 4 members (excludes halogenated alkanes) is 1. The van der Waals surface area contributed by atoms with Crippen LogP contribution in [0.15, 0.2) is 34.9 Å². The molecule has 23 heavy (non-hydrogen) atoms. The van der Waals surface area contributed by atoms with Crippen LogP contribution >= 0.6 is 0 Å². The van der Waals surface area contributed by atoms with Crippen molar-refractivity contribution in [1.82, 2.24) is 10.5 Å². The molecule has 124 valence electrons. The van der Waals surface area contributed by atoms with Gasteiger partial charge in [-0.05, 0) is 25.0 Å². The molecule has 6 nitrogen and oxygen atoms in total. The van der Waals surface area contributed by atoms with Crippen LogP contribution in [0.5, 0.6) is 5.75 Å². The van der Waals surface area contributed by atoms with Crippen molar-refractivity contribution in [2.45, 2.75) is 19.3 Å². The van der Waals surface area contributed by atoms with Gasteiger partial charge >= 0.3 is 0 Å². The van der Waals surface area contributed by atoms with Crippen molar-refractivity contribution < 1.29 is 18.8 Å². The summed E-state index contributed by atoms with van der Waals surface area (Å²) in [4.78, 5) is 11.8. The Balaban J connectivity index is 1.85. The molecule has 0 spiro atoms. The molecular weight excluding hydrogens is 296 g/mol. The summed E-state index contributed by atoms with van der Waals surface area (Å²) >= 11 is 0. The summed E-state index contributed by atoms with van der Waals surface area (Å²) in [5.74, 6) is 1.30. The third-order valence-electron chi connectivity index (χ3n) is 3.35. The Hall–Kier alpha value is -2.34.